The minimum atomic E-state index is -1.09. The lowest BCUT2D eigenvalue weighted by Gasteiger charge is -2.39. The Balaban J connectivity index is 1.36. The summed E-state index contributed by atoms with van der Waals surface area (Å²) < 4.78 is 20.8. The number of halogens is 1. The van der Waals surface area contributed by atoms with Crippen LogP contribution in [0.15, 0.2) is 48.0 Å². The molecule has 0 spiro atoms. The molecule has 1 fully saturated rings. The first-order valence-corrected chi connectivity index (χ1v) is 13.4. The number of thiophene rings is 1. The molecule has 3 aromatic rings. The Bertz CT molecular complexity index is 1090. The van der Waals surface area contributed by atoms with Gasteiger partial charge in [-0.2, -0.15) is 0 Å². The first-order valence-electron chi connectivity index (χ1n) is 12.6. The predicted octanol–water partition coefficient (Wildman–Crippen LogP) is 6.53. The molecule has 1 aliphatic rings. The van der Waals surface area contributed by atoms with Crippen LogP contribution in [-0.4, -0.2) is 47.7 Å². The average molecular weight is 499 g/mol. The Morgan fingerprint density at radius 3 is 2.94 bits per heavy atom. The molecule has 7 heteroatoms. The quantitative estimate of drug-likeness (QED) is 0.308. The van der Waals surface area contributed by atoms with E-state index in [1.54, 1.807) is 30.7 Å². The minimum Gasteiger partial charge on any atom is -0.497 e. The molecule has 1 aliphatic heterocycles. The Morgan fingerprint density at radius 1 is 1.29 bits per heavy atom. The highest BCUT2D eigenvalue weighted by Crippen LogP contribution is 2.36. The van der Waals surface area contributed by atoms with Crippen LogP contribution < -0.4 is 4.74 Å². The van der Waals surface area contributed by atoms with Crippen LogP contribution in [0.2, 0.25) is 0 Å². The number of piperidine rings is 1. The van der Waals surface area contributed by atoms with Crippen LogP contribution in [0.1, 0.15) is 55.1 Å². The number of aliphatic carboxylic acids is 1. The van der Waals surface area contributed by atoms with Crippen LogP contribution in [0.4, 0.5) is 4.39 Å². The number of likely N-dealkylation sites (tertiary alicyclic amines) is 1. The molecule has 1 aromatic carbocycles. The summed E-state index contributed by atoms with van der Waals surface area (Å²) in [5.74, 6) is 0.588. The van der Waals surface area contributed by atoms with Crippen molar-refractivity contribution in [3.05, 3.63) is 58.4 Å². The van der Waals surface area contributed by atoms with Crippen molar-refractivity contribution in [3.63, 3.8) is 0 Å². The van der Waals surface area contributed by atoms with Crippen LogP contribution in [0.25, 0.3) is 10.9 Å². The van der Waals surface area contributed by atoms with Gasteiger partial charge in [-0.05, 0) is 105 Å². The Kier molecular flexibility index (Phi) is 9.10. The first kappa shape index (κ1) is 25.6. The topological polar surface area (TPSA) is 62.7 Å². The fourth-order valence-electron chi connectivity index (χ4n) is 5.37. The number of hydrogen-bond acceptors (Lipinski definition) is 5. The number of ether oxygens (including phenoxy) is 1. The smallest absolute Gasteiger partial charge is 0.303 e. The molecule has 1 N–H and O–H groups in total. The molecule has 2 aromatic heterocycles. The zero-order chi connectivity index (χ0) is 24.6. The van der Waals surface area contributed by atoms with E-state index in [-0.39, 0.29) is 6.42 Å². The standard InChI is InChI=1S/C28H35FN2O3S/c1-34-22-8-10-27-25(18-22)24(12-14-30-27)26(29)9-6-20-13-16-31(19-21(20)7-11-28(32)33)15-2-4-23-5-3-17-35-23/h3,5,8,10,12,14,17-18,20-21,26H,2,4,6-7,9,11,13,15-16,19H2,1H3,(H,32,33)/t20-,21-,26-/m1/s1. The molecule has 4 rings (SSSR count). The Hall–Kier alpha value is -2.51. The van der Waals surface area contributed by atoms with Gasteiger partial charge in [0.05, 0.1) is 12.6 Å². The van der Waals surface area contributed by atoms with Gasteiger partial charge in [-0.3, -0.25) is 9.78 Å². The molecule has 0 saturated carbocycles. The molecule has 5 nitrogen and oxygen atoms in total. The molecule has 1 saturated heterocycles. The number of aromatic nitrogens is 1. The SMILES string of the molecule is COc1ccc2nccc([C@H](F)CC[C@@H]3CCN(CCCc4cccs4)C[C@H]3CCC(=O)O)c2c1. The van der Waals surface area contributed by atoms with Gasteiger partial charge in [-0.25, -0.2) is 4.39 Å². The molecular weight excluding hydrogens is 463 g/mol. The second-order valence-electron chi connectivity index (χ2n) is 9.55. The maximum absolute atomic E-state index is 15.5. The third-order valence-electron chi connectivity index (χ3n) is 7.29. The molecule has 0 unspecified atom stereocenters. The van der Waals surface area contributed by atoms with Gasteiger partial charge in [0.1, 0.15) is 11.9 Å². The lowest BCUT2D eigenvalue weighted by molar-refractivity contribution is -0.137. The number of aryl methyl sites for hydroxylation is 1. The fraction of sp³-hybridized carbons (Fsp3) is 0.500. The summed E-state index contributed by atoms with van der Waals surface area (Å²) in [4.78, 5) is 19.5. The van der Waals surface area contributed by atoms with Crippen molar-refractivity contribution in [2.45, 2.75) is 51.1 Å². The molecule has 3 atom stereocenters. The van der Waals surface area contributed by atoms with Gasteiger partial charge in [-0.15, -0.1) is 11.3 Å². The van der Waals surface area contributed by atoms with E-state index in [9.17, 15) is 9.90 Å². The molecule has 0 aliphatic carbocycles. The highest BCUT2D eigenvalue weighted by atomic mass is 32.1. The van der Waals surface area contributed by atoms with E-state index in [1.807, 2.05) is 18.2 Å². The highest BCUT2D eigenvalue weighted by molar-refractivity contribution is 7.09. The number of methoxy groups -OCH3 is 1. The number of carbonyl (C=O) groups is 1. The van der Waals surface area contributed by atoms with E-state index in [2.05, 4.69) is 27.4 Å². The van der Waals surface area contributed by atoms with Gasteiger partial charge >= 0.3 is 5.97 Å². The number of alkyl halides is 1. The number of fused-ring (bicyclic) bond motifs is 1. The largest absolute Gasteiger partial charge is 0.497 e. The van der Waals surface area contributed by atoms with E-state index in [0.717, 1.165) is 56.2 Å². The molecule has 35 heavy (non-hydrogen) atoms. The van der Waals surface area contributed by atoms with Crippen molar-refractivity contribution in [1.82, 2.24) is 9.88 Å². The number of carboxylic acid groups (broad SMARTS) is 1. The van der Waals surface area contributed by atoms with Crippen LogP contribution in [0.5, 0.6) is 5.75 Å². The Labute approximate surface area is 210 Å². The monoisotopic (exact) mass is 498 g/mol. The predicted molar refractivity (Wildman–Crippen MR) is 139 cm³/mol. The normalized spacial score (nSPS) is 19.6. The van der Waals surface area contributed by atoms with Gasteiger partial charge in [0.25, 0.3) is 0 Å². The number of pyridine rings is 1. The number of carboxylic acids is 1. The molecule has 188 valence electrons. The summed E-state index contributed by atoms with van der Waals surface area (Å²) in [6.45, 7) is 2.95. The van der Waals surface area contributed by atoms with Crippen LogP contribution in [-0.2, 0) is 11.2 Å². The highest BCUT2D eigenvalue weighted by Gasteiger charge is 2.30. The maximum Gasteiger partial charge on any atom is 0.303 e. The summed E-state index contributed by atoms with van der Waals surface area (Å²) in [7, 11) is 1.61. The number of benzene rings is 1. The fourth-order valence-corrected chi connectivity index (χ4v) is 6.12. The van der Waals surface area contributed by atoms with Crippen molar-refractivity contribution >= 4 is 28.2 Å². The number of nitrogens with zero attached hydrogens (tertiary/aromatic N) is 2. The van der Waals surface area contributed by atoms with E-state index >= 15 is 4.39 Å². The zero-order valence-corrected chi connectivity index (χ0v) is 21.2. The summed E-state index contributed by atoms with van der Waals surface area (Å²) in [6.07, 6.45) is 5.82. The molecule has 3 heterocycles. The van der Waals surface area contributed by atoms with Gasteiger partial charge in [0.2, 0.25) is 0 Å². The molecular formula is C28H35FN2O3S. The third kappa shape index (κ3) is 7.01. The molecule has 0 amide bonds. The van der Waals surface area contributed by atoms with Gasteiger partial charge < -0.3 is 14.7 Å². The number of hydrogen-bond donors (Lipinski definition) is 1. The minimum absolute atomic E-state index is 0.179. The second-order valence-corrected chi connectivity index (χ2v) is 10.6. The second kappa shape index (κ2) is 12.5. The van der Waals surface area contributed by atoms with Crippen molar-refractivity contribution in [2.24, 2.45) is 11.8 Å². The summed E-state index contributed by atoms with van der Waals surface area (Å²) in [5.41, 5.74) is 1.42. The van der Waals surface area contributed by atoms with Crippen molar-refractivity contribution in [3.8, 4) is 5.75 Å². The maximum atomic E-state index is 15.5. The molecule has 0 bridgehead atoms. The van der Waals surface area contributed by atoms with Crippen molar-refractivity contribution in [1.29, 1.82) is 0 Å². The molecule has 0 radical (unpaired) electrons. The third-order valence-corrected chi connectivity index (χ3v) is 8.23. The average Bonchev–Trinajstić information content (AvgIpc) is 3.39. The van der Waals surface area contributed by atoms with Gasteiger partial charge in [0.15, 0.2) is 0 Å². The summed E-state index contributed by atoms with van der Waals surface area (Å²) in [5, 5.41) is 12.2. The zero-order valence-electron chi connectivity index (χ0n) is 20.4. The Morgan fingerprint density at radius 2 is 2.17 bits per heavy atom. The lowest BCUT2D eigenvalue weighted by atomic mass is 9.79. The van der Waals surface area contributed by atoms with Crippen molar-refractivity contribution < 1.29 is 19.0 Å². The van der Waals surface area contributed by atoms with Crippen LogP contribution in [0.3, 0.4) is 0 Å². The van der Waals surface area contributed by atoms with E-state index in [1.165, 1.54) is 4.88 Å². The van der Waals surface area contributed by atoms with Crippen LogP contribution in [0, 0.1) is 11.8 Å². The summed E-state index contributed by atoms with van der Waals surface area (Å²) >= 11 is 1.80. The van der Waals surface area contributed by atoms with E-state index < -0.39 is 12.1 Å². The first-order chi connectivity index (χ1) is 17.0. The van der Waals surface area contributed by atoms with E-state index in [0.29, 0.717) is 36.0 Å². The van der Waals surface area contributed by atoms with Crippen LogP contribution >= 0.6 is 11.3 Å². The van der Waals surface area contributed by atoms with Gasteiger partial charge in [0, 0.05) is 29.4 Å². The lowest BCUT2D eigenvalue weighted by Crippen LogP contribution is -2.41. The van der Waals surface area contributed by atoms with Crippen molar-refractivity contribution in [2.75, 3.05) is 26.7 Å². The van der Waals surface area contributed by atoms with E-state index in [4.69, 9.17) is 4.74 Å². The summed E-state index contributed by atoms with van der Waals surface area (Å²) in [6, 6.07) is 11.6. The van der Waals surface area contributed by atoms with Gasteiger partial charge in [-0.1, -0.05) is 6.07 Å². The number of rotatable bonds is 12.